The second-order valence-corrected chi connectivity index (χ2v) is 6.85. The van der Waals surface area contributed by atoms with Gasteiger partial charge in [0, 0.05) is 5.69 Å². The molecular weight excluding hydrogens is 372 g/mol. The zero-order valence-electron chi connectivity index (χ0n) is 16.3. The molecule has 1 N–H and O–H groups in total. The lowest BCUT2D eigenvalue weighted by atomic mass is 9.97. The number of hydrogen-bond acceptors (Lipinski definition) is 5. The molecule has 0 aliphatic carbocycles. The first-order valence-electron chi connectivity index (χ1n) is 9.42. The van der Waals surface area contributed by atoms with E-state index in [1.165, 1.54) is 12.1 Å². The lowest BCUT2D eigenvalue weighted by molar-refractivity contribution is -0.147. The molecule has 7 heteroatoms. The van der Waals surface area contributed by atoms with Gasteiger partial charge in [0.25, 0.3) is 17.7 Å². The number of fused-ring (bicyclic) bond motifs is 1. The summed E-state index contributed by atoms with van der Waals surface area (Å²) in [7, 11) is 0. The summed E-state index contributed by atoms with van der Waals surface area (Å²) in [5.41, 5.74) is 2.18. The number of anilines is 1. The molecule has 0 radical (unpaired) electrons. The van der Waals surface area contributed by atoms with Gasteiger partial charge in [-0.05, 0) is 36.1 Å². The number of nitrogens with zero attached hydrogens (tertiary/aromatic N) is 1. The minimum absolute atomic E-state index is 0.254. The molecular formula is C22H22N2O5. The van der Waals surface area contributed by atoms with Gasteiger partial charge < -0.3 is 10.1 Å². The molecule has 0 bridgehead atoms. The van der Waals surface area contributed by atoms with E-state index in [-0.39, 0.29) is 17.0 Å². The van der Waals surface area contributed by atoms with Gasteiger partial charge in [0.2, 0.25) is 0 Å². The molecule has 3 rings (SSSR count). The number of benzene rings is 2. The van der Waals surface area contributed by atoms with Crippen LogP contribution in [0.3, 0.4) is 0 Å². The molecule has 0 saturated carbocycles. The summed E-state index contributed by atoms with van der Waals surface area (Å²) in [6.07, 6.45) is 0.919. The van der Waals surface area contributed by atoms with Crippen molar-refractivity contribution in [3.05, 3.63) is 65.2 Å². The predicted octanol–water partition coefficient (Wildman–Crippen LogP) is 2.98. The van der Waals surface area contributed by atoms with E-state index in [0.29, 0.717) is 5.69 Å². The van der Waals surface area contributed by atoms with E-state index < -0.39 is 36.8 Å². The van der Waals surface area contributed by atoms with Crippen molar-refractivity contribution in [1.29, 1.82) is 0 Å². The number of carbonyl (C=O) groups is 4. The highest BCUT2D eigenvalue weighted by Crippen LogP contribution is 2.26. The van der Waals surface area contributed by atoms with Crippen LogP contribution in [-0.2, 0) is 14.3 Å². The van der Waals surface area contributed by atoms with Gasteiger partial charge in [-0.3, -0.25) is 24.1 Å². The van der Waals surface area contributed by atoms with Gasteiger partial charge in [0.05, 0.1) is 11.1 Å². The minimum atomic E-state index is -0.829. The quantitative estimate of drug-likeness (QED) is 0.576. The standard InChI is InChI=1S/C22H22N2O5/c1-3-14(2)15-8-6-7-11-18(15)23-19(25)13-29-20(26)12-24-21(27)16-9-4-5-10-17(16)22(24)28/h4-11,14H,3,12-13H2,1-2H3,(H,23,25)/t14-/m1/s1. The summed E-state index contributed by atoms with van der Waals surface area (Å²) < 4.78 is 4.96. The molecule has 1 aliphatic rings. The van der Waals surface area contributed by atoms with E-state index in [0.717, 1.165) is 16.9 Å². The highest BCUT2D eigenvalue weighted by molar-refractivity contribution is 6.22. The van der Waals surface area contributed by atoms with Crippen LogP contribution in [0.5, 0.6) is 0 Å². The number of nitrogens with one attached hydrogen (secondary N) is 1. The molecule has 0 spiro atoms. The lowest BCUT2D eigenvalue weighted by Gasteiger charge is -2.16. The Morgan fingerprint density at radius 1 is 1.00 bits per heavy atom. The van der Waals surface area contributed by atoms with E-state index in [9.17, 15) is 19.2 Å². The molecule has 7 nitrogen and oxygen atoms in total. The number of para-hydroxylation sites is 1. The molecule has 150 valence electrons. The van der Waals surface area contributed by atoms with Crippen molar-refractivity contribution in [2.75, 3.05) is 18.5 Å². The number of imide groups is 1. The second kappa shape index (κ2) is 8.68. The third kappa shape index (κ3) is 4.34. The molecule has 1 aliphatic heterocycles. The molecule has 3 amide bonds. The highest BCUT2D eigenvalue weighted by atomic mass is 16.5. The van der Waals surface area contributed by atoms with Gasteiger partial charge in [-0.15, -0.1) is 0 Å². The zero-order chi connectivity index (χ0) is 21.0. The Morgan fingerprint density at radius 2 is 1.59 bits per heavy atom. The van der Waals surface area contributed by atoms with Crippen LogP contribution in [0.1, 0.15) is 52.5 Å². The molecule has 29 heavy (non-hydrogen) atoms. The zero-order valence-corrected chi connectivity index (χ0v) is 16.3. The van der Waals surface area contributed by atoms with Crippen molar-refractivity contribution in [3.8, 4) is 0 Å². The summed E-state index contributed by atoms with van der Waals surface area (Å²) in [6.45, 7) is 3.08. The minimum Gasteiger partial charge on any atom is -0.454 e. The van der Waals surface area contributed by atoms with Crippen LogP contribution in [0.25, 0.3) is 0 Å². The third-order valence-electron chi connectivity index (χ3n) is 4.91. The van der Waals surface area contributed by atoms with Gasteiger partial charge in [-0.2, -0.15) is 0 Å². The number of hydrogen-bond donors (Lipinski definition) is 1. The Labute approximate surface area is 168 Å². The van der Waals surface area contributed by atoms with Crippen molar-refractivity contribution in [3.63, 3.8) is 0 Å². The van der Waals surface area contributed by atoms with Crippen LogP contribution in [0, 0.1) is 0 Å². The van der Waals surface area contributed by atoms with Crippen LogP contribution in [0.15, 0.2) is 48.5 Å². The summed E-state index contributed by atoms with van der Waals surface area (Å²) in [5, 5.41) is 2.74. The molecule has 2 aromatic rings. The van der Waals surface area contributed by atoms with Crippen molar-refractivity contribution in [2.24, 2.45) is 0 Å². The molecule has 1 atom stereocenters. The number of ether oxygens (including phenoxy) is 1. The first-order valence-corrected chi connectivity index (χ1v) is 9.42. The maximum atomic E-state index is 12.3. The molecule has 1 heterocycles. The van der Waals surface area contributed by atoms with Crippen molar-refractivity contribution < 1.29 is 23.9 Å². The number of esters is 1. The van der Waals surface area contributed by atoms with Gasteiger partial charge in [-0.25, -0.2) is 0 Å². The maximum Gasteiger partial charge on any atom is 0.326 e. The number of amides is 3. The topological polar surface area (TPSA) is 92.8 Å². The Kier molecular flexibility index (Phi) is 6.07. The fraction of sp³-hybridized carbons (Fsp3) is 0.273. The maximum absolute atomic E-state index is 12.3. The summed E-state index contributed by atoms with van der Waals surface area (Å²) in [6, 6.07) is 13.8. The van der Waals surface area contributed by atoms with E-state index >= 15 is 0 Å². The van der Waals surface area contributed by atoms with Crippen molar-refractivity contribution in [1.82, 2.24) is 4.90 Å². The summed E-state index contributed by atoms with van der Waals surface area (Å²) >= 11 is 0. The van der Waals surface area contributed by atoms with Crippen LogP contribution < -0.4 is 5.32 Å². The Morgan fingerprint density at radius 3 is 2.21 bits per heavy atom. The highest BCUT2D eigenvalue weighted by Gasteiger charge is 2.36. The van der Waals surface area contributed by atoms with E-state index in [4.69, 9.17) is 4.74 Å². The second-order valence-electron chi connectivity index (χ2n) is 6.85. The van der Waals surface area contributed by atoms with E-state index in [1.54, 1.807) is 18.2 Å². The molecule has 0 unspecified atom stereocenters. The summed E-state index contributed by atoms with van der Waals surface area (Å²) in [5.74, 6) is -2.15. The van der Waals surface area contributed by atoms with Gasteiger partial charge in [0.1, 0.15) is 6.54 Å². The third-order valence-corrected chi connectivity index (χ3v) is 4.91. The van der Waals surface area contributed by atoms with Crippen molar-refractivity contribution >= 4 is 29.4 Å². The largest absolute Gasteiger partial charge is 0.454 e. The number of rotatable bonds is 7. The molecule has 0 saturated heterocycles. The lowest BCUT2D eigenvalue weighted by Crippen LogP contribution is -2.36. The smallest absolute Gasteiger partial charge is 0.326 e. The van der Waals surface area contributed by atoms with Gasteiger partial charge >= 0.3 is 5.97 Å². The van der Waals surface area contributed by atoms with Crippen molar-refractivity contribution in [2.45, 2.75) is 26.2 Å². The Balaban J connectivity index is 1.55. The van der Waals surface area contributed by atoms with E-state index in [1.807, 2.05) is 18.2 Å². The monoisotopic (exact) mass is 394 g/mol. The fourth-order valence-corrected chi connectivity index (χ4v) is 3.15. The molecule has 0 fully saturated rings. The van der Waals surface area contributed by atoms with Crippen LogP contribution >= 0.6 is 0 Å². The Bertz CT molecular complexity index is 934. The number of carbonyl (C=O) groups excluding carboxylic acids is 4. The van der Waals surface area contributed by atoms with Crippen LogP contribution in [-0.4, -0.2) is 41.7 Å². The normalized spacial score (nSPS) is 13.8. The fourth-order valence-electron chi connectivity index (χ4n) is 3.15. The average molecular weight is 394 g/mol. The predicted molar refractivity (Wildman–Crippen MR) is 107 cm³/mol. The van der Waals surface area contributed by atoms with Crippen LogP contribution in [0.2, 0.25) is 0 Å². The first kappa shape index (κ1) is 20.3. The molecule has 2 aromatic carbocycles. The molecule has 0 aromatic heterocycles. The first-order chi connectivity index (χ1) is 13.9. The SMILES string of the molecule is CC[C@@H](C)c1ccccc1NC(=O)COC(=O)CN1C(=O)c2ccccc2C1=O. The van der Waals surface area contributed by atoms with Gasteiger partial charge in [-0.1, -0.05) is 44.2 Å². The Hall–Kier alpha value is -3.48. The van der Waals surface area contributed by atoms with Gasteiger partial charge in [0.15, 0.2) is 6.61 Å². The van der Waals surface area contributed by atoms with Crippen LogP contribution in [0.4, 0.5) is 5.69 Å². The summed E-state index contributed by atoms with van der Waals surface area (Å²) in [4.78, 5) is 49.6. The average Bonchev–Trinajstić information content (AvgIpc) is 2.97. The van der Waals surface area contributed by atoms with E-state index in [2.05, 4.69) is 19.2 Å².